The van der Waals surface area contributed by atoms with Gasteiger partial charge in [0, 0.05) is 43.5 Å². The maximum absolute atomic E-state index is 12.2. The van der Waals surface area contributed by atoms with Crippen molar-refractivity contribution in [2.45, 2.75) is 65.1 Å². The van der Waals surface area contributed by atoms with Crippen molar-refractivity contribution in [3.63, 3.8) is 0 Å². The fourth-order valence-corrected chi connectivity index (χ4v) is 5.74. The maximum Gasteiger partial charge on any atom is 0.220 e. The number of hydrogen-bond donors (Lipinski definition) is 3. The molecular weight excluding hydrogens is 466 g/mol. The third kappa shape index (κ3) is 12.7. The Labute approximate surface area is 213 Å². The Kier molecular flexibility index (Phi) is 14.1. The molecule has 1 fully saturated rings. The molecule has 1 aliphatic heterocycles. The van der Waals surface area contributed by atoms with E-state index in [1.165, 1.54) is 5.56 Å². The van der Waals surface area contributed by atoms with E-state index >= 15 is 0 Å². The standard InChI is InChI=1S/C26H45N3O5S/c1-4-33-35(3,34-5-2)19-9-17-28-25(30)11-8-10-22-13-15-24(16-14-22)29-20-23(27)21-32-26-12-6-7-18-31-26/h13-16,20,26,29H,4-12,17-19,21,27H2,1-3H3,(H,28,30)/b23-20-. The Hall–Kier alpha value is -1.78. The van der Waals surface area contributed by atoms with Gasteiger partial charge in [-0.25, -0.2) is 0 Å². The molecule has 8 nitrogen and oxygen atoms in total. The number of amides is 1. The Morgan fingerprint density at radius 2 is 1.91 bits per heavy atom. The number of anilines is 1. The number of aryl methyl sites for hydroxylation is 1. The smallest absolute Gasteiger partial charge is 0.220 e. The molecule has 0 radical (unpaired) electrons. The Morgan fingerprint density at radius 3 is 2.57 bits per heavy atom. The van der Waals surface area contributed by atoms with Gasteiger partial charge in [0.25, 0.3) is 0 Å². The van der Waals surface area contributed by atoms with Crippen LogP contribution in [0.5, 0.6) is 0 Å². The van der Waals surface area contributed by atoms with Crippen LogP contribution in [0.4, 0.5) is 5.69 Å². The molecule has 1 aromatic carbocycles. The van der Waals surface area contributed by atoms with Crippen LogP contribution in [0, 0.1) is 0 Å². The summed E-state index contributed by atoms with van der Waals surface area (Å²) in [4.78, 5) is 12.2. The van der Waals surface area contributed by atoms with Crippen LogP contribution in [0.2, 0.25) is 0 Å². The van der Waals surface area contributed by atoms with Crippen molar-refractivity contribution in [2.24, 2.45) is 5.73 Å². The van der Waals surface area contributed by atoms with E-state index < -0.39 is 10.6 Å². The molecule has 35 heavy (non-hydrogen) atoms. The van der Waals surface area contributed by atoms with Gasteiger partial charge in [-0.15, -0.1) is 0 Å². The summed E-state index contributed by atoms with van der Waals surface area (Å²) in [5.74, 6) is 0.923. The molecule has 0 spiro atoms. The fourth-order valence-electron chi connectivity index (χ4n) is 3.77. The average molecular weight is 512 g/mol. The van der Waals surface area contributed by atoms with Gasteiger partial charge in [0.15, 0.2) is 6.29 Å². The number of benzene rings is 1. The number of hydrogen-bond acceptors (Lipinski definition) is 7. The third-order valence-electron chi connectivity index (χ3n) is 5.57. The van der Waals surface area contributed by atoms with Gasteiger partial charge < -0.3 is 25.8 Å². The molecule has 4 N–H and O–H groups in total. The monoisotopic (exact) mass is 511 g/mol. The minimum atomic E-state index is -1.49. The van der Waals surface area contributed by atoms with Crippen LogP contribution in [-0.4, -0.2) is 57.2 Å². The van der Waals surface area contributed by atoms with E-state index in [4.69, 9.17) is 23.6 Å². The normalized spacial score (nSPS) is 17.2. The summed E-state index contributed by atoms with van der Waals surface area (Å²) in [5.41, 5.74) is 8.80. The summed E-state index contributed by atoms with van der Waals surface area (Å²) in [6, 6.07) is 8.17. The van der Waals surface area contributed by atoms with Crippen molar-refractivity contribution in [3.05, 3.63) is 41.7 Å². The summed E-state index contributed by atoms with van der Waals surface area (Å²) < 4.78 is 22.8. The first-order valence-corrected chi connectivity index (χ1v) is 14.8. The van der Waals surface area contributed by atoms with E-state index in [2.05, 4.69) is 22.8 Å². The summed E-state index contributed by atoms with van der Waals surface area (Å²) >= 11 is 0. The highest BCUT2D eigenvalue weighted by Gasteiger charge is 2.15. The molecule has 1 amide bonds. The first-order valence-electron chi connectivity index (χ1n) is 12.8. The lowest BCUT2D eigenvalue weighted by molar-refractivity contribution is -0.157. The van der Waals surface area contributed by atoms with Crippen molar-refractivity contribution in [3.8, 4) is 0 Å². The lowest BCUT2D eigenvalue weighted by Crippen LogP contribution is -2.25. The quantitative estimate of drug-likeness (QED) is 0.262. The second-order valence-corrected chi connectivity index (χ2v) is 11.4. The molecule has 1 atom stereocenters. The van der Waals surface area contributed by atoms with Crippen LogP contribution in [-0.2, 0) is 29.1 Å². The van der Waals surface area contributed by atoms with Gasteiger partial charge in [0.2, 0.25) is 5.91 Å². The molecule has 0 aliphatic carbocycles. The minimum Gasteiger partial charge on any atom is -0.399 e. The summed E-state index contributed by atoms with van der Waals surface area (Å²) in [6.45, 7) is 7.00. The zero-order valence-electron chi connectivity index (χ0n) is 21.7. The van der Waals surface area contributed by atoms with E-state index in [1.807, 2.05) is 32.2 Å². The molecule has 0 bridgehead atoms. The number of nitrogens with one attached hydrogen (secondary N) is 2. The highest BCUT2D eigenvalue weighted by molar-refractivity contribution is 8.25. The van der Waals surface area contributed by atoms with E-state index in [0.717, 1.165) is 56.6 Å². The number of carbonyl (C=O) groups is 1. The van der Waals surface area contributed by atoms with E-state index in [9.17, 15) is 4.79 Å². The second-order valence-electron chi connectivity index (χ2n) is 8.67. The number of ether oxygens (including phenoxy) is 2. The molecule has 1 aromatic rings. The third-order valence-corrected chi connectivity index (χ3v) is 8.07. The first kappa shape index (κ1) is 29.5. The maximum atomic E-state index is 12.2. The number of nitrogens with two attached hydrogens (primary N) is 1. The Bertz CT molecular complexity index is 748. The second kappa shape index (κ2) is 16.8. The van der Waals surface area contributed by atoms with Crippen LogP contribution < -0.4 is 16.4 Å². The Balaban J connectivity index is 1.59. The van der Waals surface area contributed by atoms with E-state index in [0.29, 0.717) is 38.5 Å². The predicted octanol–water partition coefficient (Wildman–Crippen LogP) is 4.61. The lowest BCUT2D eigenvalue weighted by atomic mass is 10.1. The molecule has 200 valence electrons. The predicted molar refractivity (Wildman–Crippen MR) is 144 cm³/mol. The molecule has 0 aromatic heterocycles. The summed E-state index contributed by atoms with van der Waals surface area (Å²) in [6.07, 6.45) is 9.85. The van der Waals surface area contributed by atoms with Gasteiger partial charge in [-0.3, -0.25) is 13.2 Å². The largest absolute Gasteiger partial charge is 0.399 e. The Morgan fingerprint density at radius 1 is 1.17 bits per heavy atom. The average Bonchev–Trinajstić information content (AvgIpc) is 2.86. The van der Waals surface area contributed by atoms with Crippen LogP contribution in [0.25, 0.3) is 0 Å². The molecule has 2 rings (SSSR count). The van der Waals surface area contributed by atoms with Gasteiger partial charge in [-0.1, -0.05) is 12.1 Å². The van der Waals surface area contributed by atoms with Crippen molar-refractivity contribution in [1.82, 2.24) is 5.32 Å². The van der Waals surface area contributed by atoms with Gasteiger partial charge in [0.05, 0.1) is 25.5 Å². The number of rotatable bonds is 17. The zero-order valence-corrected chi connectivity index (χ0v) is 22.5. The fraction of sp³-hybridized carbons (Fsp3) is 0.654. The van der Waals surface area contributed by atoms with Crippen LogP contribution >= 0.6 is 10.6 Å². The van der Waals surface area contributed by atoms with Crippen molar-refractivity contribution in [2.75, 3.05) is 50.3 Å². The van der Waals surface area contributed by atoms with E-state index in [-0.39, 0.29) is 12.2 Å². The molecule has 9 heteroatoms. The molecule has 1 heterocycles. The topological polar surface area (TPSA) is 104 Å². The summed E-state index contributed by atoms with van der Waals surface area (Å²) in [5, 5.41) is 6.21. The van der Waals surface area contributed by atoms with Crippen LogP contribution in [0.15, 0.2) is 36.2 Å². The molecular formula is C26H45N3O5S. The van der Waals surface area contributed by atoms with Gasteiger partial charge in [-0.2, -0.15) is 10.6 Å². The van der Waals surface area contributed by atoms with Crippen molar-refractivity contribution in [1.29, 1.82) is 0 Å². The lowest BCUT2D eigenvalue weighted by Gasteiger charge is -2.39. The van der Waals surface area contributed by atoms with Crippen molar-refractivity contribution >= 4 is 22.2 Å². The highest BCUT2D eigenvalue weighted by atomic mass is 32.3. The number of carbonyl (C=O) groups excluding carboxylic acids is 1. The first-order chi connectivity index (χ1) is 16.9. The SMILES string of the molecule is CCOS(C)(CCCNC(=O)CCCc1ccc(N/C=C(\N)COC2CCCCO2)cc1)OCC. The van der Waals surface area contributed by atoms with Gasteiger partial charge >= 0.3 is 0 Å². The van der Waals surface area contributed by atoms with Gasteiger partial charge in [-0.05, 0) is 70.1 Å². The molecule has 0 saturated carbocycles. The van der Waals surface area contributed by atoms with Crippen LogP contribution in [0.1, 0.15) is 57.9 Å². The summed E-state index contributed by atoms with van der Waals surface area (Å²) in [7, 11) is -1.49. The van der Waals surface area contributed by atoms with Gasteiger partial charge in [0.1, 0.15) is 0 Å². The highest BCUT2D eigenvalue weighted by Crippen LogP contribution is 2.46. The van der Waals surface area contributed by atoms with E-state index in [1.54, 1.807) is 6.20 Å². The minimum absolute atomic E-state index is 0.0919. The molecule has 1 saturated heterocycles. The molecule has 1 unspecified atom stereocenters. The zero-order chi connectivity index (χ0) is 25.4. The van der Waals surface area contributed by atoms with Crippen molar-refractivity contribution < 1.29 is 22.6 Å². The van der Waals surface area contributed by atoms with Crippen LogP contribution in [0.3, 0.4) is 0 Å². The molecule has 1 aliphatic rings.